The summed E-state index contributed by atoms with van der Waals surface area (Å²) in [5.74, 6) is -2.76. The number of hydrogen-bond donors (Lipinski definition) is 2. The lowest BCUT2D eigenvalue weighted by atomic mass is 10.1. The largest absolute Gasteiger partial charge is 0.490 e. The Morgan fingerprint density at radius 1 is 1.60 bits per heavy atom. The maximum atomic E-state index is 10.6. The summed E-state index contributed by atoms with van der Waals surface area (Å²) in [6.07, 6.45) is -3.87. The van der Waals surface area contributed by atoms with E-state index in [9.17, 15) is 13.2 Å². The third kappa shape index (κ3) is 3.35. The van der Waals surface area contributed by atoms with Crippen LogP contribution in [0.3, 0.4) is 0 Å². The van der Waals surface area contributed by atoms with Crippen molar-refractivity contribution in [3.63, 3.8) is 0 Å². The molecule has 7 heteroatoms. The molecule has 2 N–H and O–H groups in total. The summed E-state index contributed by atoms with van der Waals surface area (Å²) in [6.45, 7) is 4.15. The average Bonchev–Trinajstić information content (AvgIpc) is 2.60. The molecule has 0 aromatic heterocycles. The fourth-order valence-electron chi connectivity index (χ4n) is 1.56. The minimum absolute atomic E-state index is 0.199. The first kappa shape index (κ1) is 12.3. The van der Waals surface area contributed by atoms with E-state index in [0.717, 1.165) is 13.2 Å². The van der Waals surface area contributed by atoms with Crippen LogP contribution < -0.4 is 5.32 Å². The van der Waals surface area contributed by atoms with E-state index < -0.39 is 12.1 Å². The van der Waals surface area contributed by atoms with Crippen molar-refractivity contribution in [3.8, 4) is 0 Å². The molecule has 2 unspecified atom stereocenters. The van der Waals surface area contributed by atoms with Crippen LogP contribution in [-0.2, 0) is 9.53 Å². The van der Waals surface area contributed by atoms with Gasteiger partial charge in [0, 0.05) is 12.6 Å². The van der Waals surface area contributed by atoms with E-state index in [1.165, 1.54) is 6.42 Å². The van der Waals surface area contributed by atoms with Gasteiger partial charge in [0.05, 0.1) is 12.2 Å². The summed E-state index contributed by atoms with van der Waals surface area (Å²) in [6, 6.07) is 0.667. The van der Waals surface area contributed by atoms with Crippen molar-refractivity contribution in [2.75, 3.05) is 13.2 Å². The number of hydrogen-bond acceptors (Lipinski definition) is 3. The molecule has 0 aromatic rings. The summed E-state index contributed by atoms with van der Waals surface area (Å²) in [4.78, 5) is 8.90. The Bertz CT molecular complexity index is 246. The highest BCUT2D eigenvalue weighted by atomic mass is 19.4. The van der Waals surface area contributed by atoms with Gasteiger partial charge in [0.15, 0.2) is 0 Å². The van der Waals surface area contributed by atoms with Gasteiger partial charge in [-0.15, -0.1) is 0 Å². The number of carboxylic acid groups (broad SMARTS) is 1. The van der Waals surface area contributed by atoms with Gasteiger partial charge >= 0.3 is 12.1 Å². The van der Waals surface area contributed by atoms with E-state index in [1.54, 1.807) is 0 Å². The highest BCUT2D eigenvalue weighted by molar-refractivity contribution is 5.73. The Balaban J connectivity index is 0.000000153. The molecule has 0 amide bonds. The molecular weight excluding hydrogens is 215 g/mol. The fraction of sp³-hybridized carbons (Fsp3) is 0.875. The van der Waals surface area contributed by atoms with Crippen molar-refractivity contribution in [2.24, 2.45) is 0 Å². The van der Waals surface area contributed by atoms with E-state index in [4.69, 9.17) is 14.6 Å². The lowest BCUT2D eigenvalue weighted by Gasteiger charge is -2.20. The predicted molar refractivity (Wildman–Crippen MR) is 44.5 cm³/mol. The Labute approximate surface area is 84.4 Å². The zero-order valence-electron chi connectivity index (χ0n) is 8.10. The van der Waals surface area contributed by atoms with E-state index in [-0.39, 0.29) is 5.60 Å². The number of ether oxygens (including phenoxy) is 1. The molecule has 2 heterocycles. The summed E-state index contributed by atoms with van der Waals surface area (Å²) >= 11 is 0. The summed E-state index contributed by atoms with van der Waals surface area (Å²) < 4.78 is 37.2. The van der Waals surface area contributed by atoms with Gasteiger partial charge in [0.2, 0.25) is 0 Å². The molecule has 2 saturated heterocycles. The van der Waals surface area contributed by atoms with E-state index in [0.29, 0.717) is 6.04 Å². The van der Waals surface area contributed by atoms with E-state index >= 15 is 0 Å². The molecule has 2 aliphatic heterocycles. The number of fused-ring (bicyclic) bond motifs is 2. The molecule has 2 atom stereocenters. The van der Waals surface area contributed by atoms with Crippen molar-refractivity contribution in [3.05, 3.63) is 0 Å². The van der Waals surface area contributed by atoms with Gasteiger partial charge in [-0.1, -0.05) is 0 Å². The summed E-state index contributed by atoms with van der Waals surface area (Å²) in [5, 5.41) is 10.5. The van der Waals surface area contributed by atoms with Crippen LogP contribution >= 0.6 is 0 Å². The third-order valence-corrected chi connectivity index (χ3v) is 2.32. The van der Waals surface area contributed by atoms with Crippen molar-refractivity contribution in [2.45, 2.75) is 31.2 Å². The lowest BCUT2D eigenvalue weighted by Crippen LogP contribution is -2.36. The first-order valence-electron chi connectivity index (χ1n) is 4.40. The van der Waals surface area contributed by atoms with Crippen LogP contribution in [0, 0.1) is 0 Å². The number of nitrogens with one attached hydrogen (secondary N) is 1. The van der Waals surface area contributed by atoms with Crippen LogP contribution in [0.4, 0.5) is 13.2 Å². The first-order valence-corrected chi connectivity index (χ1v) is 4.40. The first-order chi connectivity index (χ1) is 6.73. The number of aliphatic carboxylic acids is 1. The van der Waals surface area contributed by atoms with Gasteiger partial charge in [-0.25, -0.2) is 4.79 Å². The van der Waals surface area contributed by atoms with E-state index in [1.807, 2.05) is 0 Å². The number of morpholine rings is 1. The van der Waals surface area contributed by atoms with Crippen LogP contribution in [0.25, 0.3) is 0 Å². The number of alkyl halides is 3. The topological polar surface area (TPSA) is 58.6 Å². The van der Waals surface area contributed by atoms with Crippen molar-refractivity contribution < 1.29 is 27.8 Å². The van der Waals surface area contributed by atoms with Gasteiger partial charge in [0.1, 0.15) is 0 Å². The van der Waals surface area contributed by atoms with Gasteiger partial charge < -0.3 is 15.2 Å². The molecule has 0 saturated carbocycles. The average molecular weight is 227 g/mol. The normalized spacial score (nSPS) is 33.5. The maximum absolute atomic E-state index is 10.6. The molecule has 2 fully saturated rings. The monoisotopic (exact) mass is 227 g/mol. The van der Waals surface area contributed by atoms with Gasteiger partial charge in [0.25, 0.3) is 0 Å². The minimum Gasteiger partial charge on any atom is -0.475 e. The molecule has 0 radical (unpaired) electrons. The zero-order valence-corrected chi connectivity index (χ0v) is 8.10. The maximum Gasteiger partial charge on any atom is 0.490 e. The summed E-state index contributed by atoms with van der Waals surface area (Å²) in [5.41, 5.74) is 0.199. The number of halogens is 3. The lowest BCUT2D eigenvalue weighted by molar-refractivity contribution is -0.192. The van der Waals surface area contributed by atoms with Gasteiger partial charge in [-0.3, -0.25) is 0 Å². The molecular formula is C8H12F3NO3. The Kier molecular flexibility index (Phi) is 3.25. The molecule has 4 nitrogen and oxygen atoms in total. The molecule has 15 heavy (non-hydrogen) atoms. The highest BCUT2D eigenvalue weighted by Crippen LogP contribution is 2.29. The second-order valence-corrected chi connectivity index (χ2v) is 3.85. The minimum atomic E-state index is -5.08. The van der Waals surface area contributed by atoms with Crippen molar-refractivity contribution in [1.29, 1.82) is 0 Å². The Morgan fingerprint density at radius 3 is 2.20 bits per heavy atom. The standard InChI is InChI=1S/C6H11NO.C2HF3O2/c1-6-2-5(3-8-6)7-4-6;3-2(4,5)1(6)7/h5,7H,2-4H2,1H3;(H,6,7). The molecule has 0 aromatic carbocycles. The molecule has 0 spiro atoms. The molecule has 2 bridgehead atoms. The smallest absolute Gasteiger partial charge is 0.475 e. The van der Waals surface area contributed by atoms with Crippen LogP contribution in [0.15, 0.2) is 0 Å². The van der Waals surface area contributed by atoms with Crippen molar-refractivity contribution >= 4 is 5.97 Å². The fourth-order valence-corrected chi connectivity index (χ4v) is 1.56. The number of rotatable bonds is 0. The quantitative estimate of drug-likeness (QED) is 0.641. The second kappa shape index (κ2) is 3.97. The van der Waals surface area contributed by atoms with Crippen LogP contribution in [-0.4, -0.2) is 42.0 Å². The molecule has 88 valence electrons. The Morgan fingerprint density at radius 2 is 2.13 bits per heavy atom. The van der Waals surface area contributed by atoms with Gasteiger partial charge in [-0.05, 0) is 13.3 Å². The number of carbonyl (C=O) groups is 1. The molecule has 2 aliphatic rings. The summed E-state index contributed by atoms with van der Waals surface area (Å²) in [7, 11) is 0. The van der Waals surface area contributed by atoms with E-state index in [2.05, 4.69) is 12.2 Å². The Hall–Kier alpha value is -0.820. The van der Waals surface area contributed by atoms with Crippen molar-refractivity contribution in [1.82, 2.24) is 5.32 Å². The zero-order chi connectivity index (χ0) is 11.7. The van der Waals surface area contributed by atoms with Crippen LogP contribution in [0.2, 0.25) is 0 Å². The number of carboxylic acids is 1. The second-order valence-electron chi connectivity index (χ2n) is 3.85. The van der Waals surface area contributed by atoms with Gasteiger partial charge in [-0.2, -0.15) is 13.2 Å². The third-order valence-electron chi connectivity index (χ3n) is 2.32. The van der Waals surface area contributed by atoms with Crippen LogP contribution in [0.1, 0.15) is 13.3 Å². The highest BCUT2D eigenvalue weighted by Gasteiger charge is 2.42. The van der Waals surface area contributed by atoms with Crippen LogP contribution in [0.5, 0.6) is 0 Å². The molecule has 2 rings (SSSR count). The SMILES string of the molecule is CC12CNC(CO1)C2.O=C(O)C(F)(F)F. The predicted octanol–water partition coefficient (Wildman–Crippen LogP) is 0.770. The molecule has 0 aliphatic carbocycles.